The van der Waals surface area contributed by atoms with Gasteiger partial charge in [-0.15, -0.1) is 11.3 Å². The summed E-state index contributed by atoms with van der Waals surface area (Å²) in [5.41, 5.74) is 1.69. The molecule has 0 spiro atoms. The zero-order chi connectivity index (χ0) is 14.8. The molecule has 0 saturated heterocycles. The Morgan fingerprint density at radius 3 is 3.05 bits per heavy atom. The van der Waals surface area contributed by atoms with Crippen molar-refractivity contribution in [1.82, 2.24) is 10.3 Å². The molecule has 0 amide bonds. The Kier molecular flexibility index (Phi) is 4.22. The highest BCUT2D eigenvalue weighted by atomic mass is 32.1. The zero-order valence-corrected chi connectivity index (χ0v) is 13.1. The average molecular weight is 306 g/mol. The third kappa shape index (κ3) is 2.80. The molecule has 3 nitrogen and oxygen atoms in total. The maximum absolute atomic E-state index is 14.2. The predicted molar refractivity (Wildman–Crippen MR) is 83.4 cm³/mol. The number of hydrogen-bond acceptors (Lipinski definition) is 4. The number of ether oxygens (including phenoxy) is 1. The maximum atomic E-state index is 14.2. The number of methoxy groups -OCH3 is 1. The fraction of sp³-hybridized carbons (Fsp3) is 0.438. The average Bonchev–Trinajstić information content (AvgIpc) is 2.92. The number of nitrogens with one attached hydrogen (secondary N) is 1. The summed E-state index contributed by atoms with van der Waals surface area (Å²) in [4.78, 5) is 5.94. The van der Waals surface area contributed by atoms with Gasteiger partial charge in [0.05, 0.1) is 12.8 Å². The van der Waals surface area contributed by atoms with E-state index in [0.717, 1.165) is 36.5 Å². The van der Waals surface area contributed by atoms with Crippen molar-refractivity contribution < 1.29 is 9.13 Å². The highest BCUT2D eigenvalue weighted by Crippen LogP contribution is 2.39. The van der Waals surface area contributed by atoms with Gasteiger partial charge in [-0.25, -0.2) is 9.37 Å². The molecule has 0 aliphatic heterocycles. The molecule has 1 aromatic heterocycles. The second-order valence-electron chi connectivity index (χ2n) is 5.18. The summed E-state index contributed by atoms with van der Waals surface area (Å²) >= 11 is 1.61. The molecule has 1 N–H and O–H groups in total. The molecular weight excluding hydrogens is 287 g/mol. The summed E-state index contributed by atoms with van der Waals surface area (Å²) in [6, 6.07) is 5.31. The van der Waals surface area contributed by atoms with E-state index < -0.39 is 0 Å². The minimum Gasteiger partial charge on any atom is -0.497 e. The molecule has 1 aromatic carbocycles. The molecule has 1 aliphatic rings. The number of benzene rings is 1. The van der Waals surface area contributed by atoms with E-state index in [1.54, 1.807) is 23.5 Å². The van der Waals surface area contributed by atoms with Crippen molar-refractivity contribution >= 4 is 11.3 Å². The van der Waals surface area contributed by atoms with Crippen LogP contribution in [0.2, 0.25) is 0 Å². The topological polar surface area (TPSA) is 34.2 Å². The molecule has 1 unspecified atom stereocenters. The predicted octanol–water partition coefficient (Wildman–Crippen LogP) is 3.94. The Labute approximate surface area is 128 Å². The monoisotopic (exact) mass is 306 g/mol. The van der Waals surface area contributed by atoms with Crippen LogP contribution in [0.25, 0.3) is 10.6 Å². The number of hydrogen-bond donors (Lipinski definition) is 1. The molecule has 0 saturated carbocycles. The van der Waals surface area contributed by atoms with Gasteiger partial charge in [-0.1, -0.05) is 6.92 Å². The molecule has 0 bridgehead atoms. The summed E-state index contributed by atoms with van der Waals surface area (Å²) in [6.45, 7) is 3.05. The normalized spacial score (nSPS) is 17.6. The minimum absolute atomic E-state index is 0.277. The number of fused-ring (bicyclic) bond motifs is 1. The van der Waals surface area contributed by atoms with Gasteiger partial charge in [0.15, 0.2) is 0 Å². The van der Waals surface area contributed by atoms with Crippen molar-refractivity contribution in [2.24, 2.45) is 0 Å². The van der Waals surface area contributed by atoms with Crippen molar-refractivity contribution in [1.29, 1.82) is 0 Å². The van der Waals surface area contributed by atoms with Crippen LogP contribution in [-0.4, -0.2) is 18.6 Å². The summed E-state index contributed by atoms with van der Waals surface area (Å²) in [5, 5.41) is 4.26. The van der Waals surface area contributed by atoms with Gasteiger partial charge in [-0.05, 0) is 37.9 Å². The molecule has 1 heterocycles. The SMILES string of the molecule is CCNC1CCCc2nc(-c3ccc(OC)cc3F)sc21. The van der Waals surface area contributed by atoms with E-state index >= 15 is 0 Å². The highest BCUT2D eigenvalue weighted by Gasteiger charge is 2.25. The zero-order valence-electron chi connectivity index (χ0n) is 12.3. The molecule has 0 radical (unpaired) electrons. The molecule has 1 aliphatic carbocycles. The number of halogens is 1. The van der Waals surface area contributed by atoms with E-state index in [9.17, 15) is 4.39 Å². The largest absolute Gasteiger partial charge is 0.497 e. The van der Waals surface area contributed by atoms with E-state index in [1.165, 1.54) is 18.1 Å². The van der Waals surface area contributed by atoms with E-state index in [-0.39, 0.29) is 5.82 Å². The maximum Gasteiger partial charge on any atom is 0.137 e. The second kappa shape index (κ2) is 6.12. The van der Waals surface area contributed by atoms with Crippen LogP contribution >= 0.6 is 11.3 Å². The van der Waals surface area contributed by atoms with E-state index in [1.807, 2.05) is 0 Å². The first kappa shape index (κ1) is 14.5. The summed E-state index contributed by atoms with van der Waals surface area (Å²) < 4.78 is 19.3. The molecular formula is C16H19FN2OS. The standard InChI is InChI=1S/C16H19FN2OS/c1-3-18-13-5-4-6-14-15(13)21-16(19-14)11-8-7-10(20-2)9-12(11)17/h7-9,13,18H,3-6H2,1-2H3. The molecule has 1 atom stereocenters. The lowest BCUT2D eigenvalue weighted by Gasteiger charge is -2.21. The van der Waals surface area contributed by atoms with Crippen LogP contribution in [0.5, 0.6) is 5.75 Å². The van der Waals surface area contributed by atoms with E-state index in [4.69, 9.17) is 4.74 Å². The fourth-order valence-corrected chi connectivity index (χ4v) is 4.02. The van der Waals surface area contributed by atoms with Crippen LogP contribution in [0.3, 0.4) is 0 Å². The summed E-state index contributed by atoms with van der Waals surface area (Å²) in [5.74, 6) is 0.253. The lowest BCUT2D eigenvalue weighted by atomic mass is 9.98. The first-order valence-corrected chi connectivity index (χ1v) is 8.11. The van der Waals surface area contributed by atoms with Crippen LogP contribution in [0, 0.1) is 5.82 Å². The Balaban J connectivity index is 1.97. The minimum atomic E-state index is -0.277. The number of aryl methyl sites for hydroxylation is 1. The Morgan fingerprint density at radius 1 is 1.48 bits per heavy atom. The Bertz CT molecular complexity index is 641. The Morgan fingerprint density at radius 2 is 2.33 bits per heavy atom. The highest BCUT2D eigenvalue weighted by molar-refractivity contribution is 7.15. The van der Waals surface area contributed by atoms with E-state index in [2.05, 4.69) is 17.2 Å². The van der Waals surface area contributed by atoms with Crippen molar-refractivity contribution in [2.75, 3.05) is 13.7 Å². The van der Waals surface area contributed by atoms with Gasteiger partial charge >= 0.3 is 0 Å². The summed E-state index contributed by atoms with van der Waals surface area (Å²) in [6.07, 6.45) is 3.26. The van der Waals surface area contributed by atoms with Gasteiger partial charge in [0, 0.05) is 22.5 Å². The Hall–Kier alpha value is -1.46. The molecule has 21 heavy (non-hydrogen) atoms. The fourth-order valence-electron chi connectivity index (χ4n) is 2.77. The number of nitrogens with zero attached hydrogens (tertiary/aromatic N) is 1. The third-order valence-electron chi connectivity index (χ3n) is 3.81. The van der Waals surface area contributed by atoms with Crippen LogP contribution in [0.1, 0.15) is 36.4 Å². The van der Waals surface area contributed by atoms with Gasteiger partial charge in [0.2, 0.25) is 0 Å². The quantitative estimate of drug-likeness (QED) is 0.929. The number of aromatic nitrogens is 1. The van der Waals surface area contributed by atoms with Gasteiger partial charge in [0.25, 0.3) is 0 Å². The van der Waals surface area contributed by atoms with Crippen LogP contribution in [0.15, 0.2) is 18.2 Å². The van der Waals surface area contributed by atoms with Gasteiger partial charge < -0.3 is 10.1 Å². The van der Waals surface area contributed by atoms with Crippen LogP contribution in [0.4, 0.5) is 4.39 Å². The van der Waals surface area contributed by atoms with Gasteiger partial charge in [-0.2, -0.15) is 0 Å². The van der Waals surface area contributed by atoms with Gasteiger partial charge in [-0.3, -0.25) is 0 Å². The van der Waals surface area contributed by atoms with Crippen LogP contribution in [-0.2, 0) is 6.42 Å². The number of thiazole rings is 1. The molecule has 5 heteroatoms. The van der Waals surface area contributed by atoms with Crippen molar-refractivity contribution in [3.8, 4) is 16.3 Å². The molecule has 112 valence electrons. The second-order valence-corrected chi connectivity index (χ2v) is 6.21. The lowest BCUT2D eigenvalue weighted by molar-refractivity contribution is 0.411. The van der Waals surface area contributed by atoms with Crippen LogP contribution < -0.4 is 10.1 Å². The smallest absolute Gasteiger partial charge is 0.137 e. The van der Waals surface area contributed by atoms with Crippen molar-refractivity contribution in [3.05, 3.63) is 34.6 Å². The first-order valence-electron chi connectivity index (χ1n) is 7.29. The third-order valence-corrected chi connectivity index (χ3v) is 5.05. The molecule has 2 aromatic rings. The number of rotatable bonds is 4. The molecule has 0 fully saturated rings. The first-order chi connectivity index (χ1) is 10.2. The summed E-state index contributed by atoms with van der Waals surface area (Å²) in [7, 11) is 1.54. The van der Waals surface area contributed by atoms with E-state index in [0.29, 0.717) is 17.4 Å². The van der Waals surface area contributed by atoms with Crippen molar-refractivity contribution in [2.45, 2.75) is 32.2 Å². The lowest BCUT2D eigenvalue weighted by Crippen LogP contribution is -2.23. The molecule has 3 rings (SSSR count). The van der Waals surface area contributed by atoms with Crippen molar-refractivity contribution in [3.63, 3.8) is 0 Å². The van der Waals surface area contributed by atoms with Gasteiger partial charge in [0.1, 0.15) is 16.6 Å².